The summed E-state index contributed by atoms with van der Waals surface area (Å²) in [7, 11) is 0. The molecule has 1 aromatic heterocycles. The lowest BCUT2D eigenvalue weighted by atomic mass is 10.2. The number of alkyl halides is 2. The van der Waals surface area contributed by atoms with E-state index < -0.39 is 29.2 Å². The molecule has 0 saturated carbocycles. The predicted octanol–water partition coefficient (Wildman–Crippen LogP) is 2.02. The van der Waals surface area contributed by atoms with Crippen LogP contribution in [0.4, 0.5) is 14.5 Å². The number of pyridine rings is 1. The molecule has 8 heteroatoms. The van der Waals surface area contributed by atoms with Gasteiger partial charge in [-0.25, -0.2) is 8.78 Å². The van der Waals surface area contributed by atoms with Gasteiger partial charge in [0.05, 0.1) is 11.5 Å². The molecule has 0 bridgehead atoms. The summed E-state index contributed by atoms with van der Waals surface area (Å²) in [5, 5.41) is 19.3. The summed E-state index contributed by atoms with van der Waals surface area (Å²) in [6.45, 7) is -0.743. The first-order valence-corrected chi connectivity index (χ1v) is 4.77. The molecule has 1 aromatic rings. The summed E-state index contributed by atoms with van der Waals surface area (Å²) in [5.74, 6) is 0. The van der Waals surface area contributed by atoms with Gasteiger partial charge in [0.2, 0.25) is 0 Å². The summed E-state index contributed by atoms with van der Waals surface area (Å²) in [6.07, 6.45) is -1.90. The van der Waals surface area contributed by atoms with E-state index in [9.17, 15) is 18.9 Å². The van der Waals surface area contributed by atoms with Crippen molar-refractivity contribution in [1.82, 2.24) is 4.98 Å². The maximum absolute atomic E-state index is 12.5. The third-order valence-corrected chi connectivity index (χ3v) is 2.53. The second-order valence-electron chi connectivity index (χ2n) is 2.53. The number of rotatable bonds is 3. The third kappa shape index (κ3) is 2.37. The maximum Gasteiger partial charge on any atom is 0.303 e. The minimum absolute atomic E-state index is 0.00602. The summed E-state index contributed by atoms with van der Waals surface area (Å²) in [6, 6.07) is 0. The highest BCUT2D eigenvalue weighted by molar-refractivity contribution is 14.1. The van der Waals surface area contributed by atoms with Crippen LogP contribution in [0.25, 0.3) is 0 Å². The van der Waals surface area contributed by atoms with E-state index in [1.165, 1.54) is 22.6 Å². The largest absolute Gasteiger partial charge is 0.390 e. The highest BCUT2D eigenvalue weighted by Gasteiger charge is 2.29. The molecular formula is C7H5F2IN2O3. The van der Waals surface area contributed by atoms with Crippen LogP contribution >= 0.6 is 22.6 Å². The zero-order valence-electron chi connectivity index (χ0n) is 7.15. The number of aliphatic hydroxyl groups is 1. The van der Waals surface area contributed by atoms with Crippen molar-refractivity contribution in [3.63, 3.8) is 0 Å². The van der Waals surface area contributed by atoms with Gasteiger partial charge in [0.1, 0.15) is 11.3 Å². The van der Waals surface area contributed by atoms with Gasteiger partial charge >= 0.3 is 5.69 Å². The van der Waals surface area contributed by atoms with Crippen molar-refractivity contribution < 1.29 is 18.8 Å². The second kappa shape index (κ2) is 4.75. The van der Waals surface area contributed by atoms with Crippen molar-refractivity contribution in [3.8, 4) is 0 Å². The molecular weight excluding hydrogens is 325 g/mol. The lowest BCUT2D eigenvalue weighted by molar-refractivity contribution is -0.387. The smallest absolute Gasteiger partial charge is 0.303 e. The lowest BCUT2D eigenvalue weighted by Gasteiger charge is -2.06. The van der Waals surface area contributed by atoms with Crippen molar-refractivity contribution in [2.24, 2.45) is 0 Å². The van der Waals surface area contributed by atoms with Crippen molar-refractivity contribution in [2.75, 3.05) is 0 Å². The van der Waals surface area contributed by atoms with Crippen molar-refractivity contribution >= 4 is 28.3 Å². The molecule has 0 unspecified atom stereocenters. The molecule has 1 rings (SSSR count). The van der Waals surface area contributed by atoms with E-state index in [1.54, 1.807) is 0 Å². The average molecular weight is 330 g/mol. The standard InChI is InChI=1S/C7H5F2IN2O3/c8-7(9)5-3(10)1-11-4(2-13)6(5)12(14)15/h1,7,13H,2H2. The molecule has 5 nitrogen and oxygen atoms in total. The predicted molar refractivity (Wildman–Crippen MR) is 54.5 cm³/mol. The molecule has 0 saturated heterocycles. The van der Waals surface area contributed by atoms with Gasteiger partial charge in [-0.05, 0) is 22.6 Å². The number of halogens is 3. The third-order valence-electron chi connectivity index (χ3n) is 1.67. The van der Waals surface area contributed by atoms with Crippen LogP contribution in [0, 0.1) is 13.7 Å². The van der Waals surface area contributed by atoms with Crippen LogP contribution in [0.3, 0.4) is 0 Å². The number of aromatic nitrogens is 1. The Balaban J connectivity index is 3.51. The van der Waals surface area contributed by atoms with Crippen molar-refractivity contribution in [2.45, 2.75) is 13.0 Å². The van der Waals surface area contributed by atoms with Crippen molar-refractivity contribution in [1.29, 1.82) is 0 Å². The first kappa shape index (κ1) is 12.2. The summed E-state index contributed by atoms with van der Waals surface area (Å²) < 4.78 is 25.1. The Labute approximate surface area is 96.4 Å². The molecule has 1 heterocycles. The number of aliphatic hydroxyl groups excluding tert-OH is 1. The van der Waals surface area contributed by atoms with Gasteiger partial charge in [0.15, 0.2) is 0 Å². The van der Waals surface area contributed by atoms with Crippen LogP contribution in [0.15, 0.2) is 6.20 Å². The highest BCUT2D eigenvalue weighted by Crippen LogP contribution is 2.34. The van der Waals surface area contributed by atoms with Crippen LogP contribution in [-0.4, -0.2) is 15.0 Å². The number of nitro groups is 1. The van der Waals surface area contributed by atoms with Gasteiger partial charge in [-0.1, -0.05) is 0 Å². The number of nitrogens with zero attached hydrogens (tertiary/aromatic N) is 2. The van der Waals surface area contributed by atoms with Crippen molar-refractivity contribution in [3.05, 3.63) is 31.1 Å². The summed E-state index contributed by atoms with van der Waals surface area (Å²) in [5.41, 5.74) is -1.85. The normalized spacial score (nSPS) is 10.7. The minimum Gasteiger partial charge on any atom is -0.390 e. The maximum atomic E-state index is 12.5. The van der Waals surface area contributed by atoms with E-state index in [1.807, 2.05) is 0 Å². The monoisotopic (exact) mass is 330 g/mol. The molecule has 0 aliphatic rings. The van der Waals surface area contributed by atoms with Crippen LogP contribution in [-0.2, 0) is 6.61 Å². The lowest BCUT2D eigenvalue weighted by Crippen LogP contribution is -2.05. The summed E-state index contributed by atoms with van der Waals surface area (Å²) >= 11 is 1.54. The van der Waals surface area contributed by atoms with Crippen LogP contribution in [0.1, 0.15) is 17.7 Å². The van der Waals surface area contributed by atoms with E-state index >= 15 is 0 Å². The van der Waals surface area contributed by atoms with Gasteiger partial charge in [-0.15, -0.1) is 0 Å². The Bertz CT molecular complexity index is 400. The fraction of sp³-hybridized carbons (Fsp3) is 0.286. The van der Waals surface area contributed by atoms with E-state index in [0.29, 0.717) is 0 Å². The Kier molecular flexibility index (Phi) is 3.85. The van der Waals surface area contributed by atoms with Crippen LogP contribution in [0.5, 0.6) is 0 Å². The molecule has 0 aliphatic heterocycles. The molecule has 15 heavy (non-hydrogen) atoms. The van der Waals surface area contributed by atoms with Gasteiger partial charge in [0, 0.05) is 9.77 Å². The summed E-state index contributed by atoms with van der Waals surface area (Å²) in [4.78, 5) is 13.1. The van der Waals surface area contributed by atoms with Crippen LogP contribution in [0.2, 0.25) is 0 Å². The van der Waals surface area contributed by atoms with E-state index in [-0.39, 0.29) is 9.26 Å². The fourth-order valence-electron chi connectivity index (χ4n) is 1.06. The zero-order chi connectivity index (χ0) is 11.6. The Morgan fingerprint density at radius 3 is 2.67 bits per heavy atom. The second-order valence-corrected chi connectivity index (χ2v) is 3.69. The molecule has 0 atom stereocenters. The van der Waals surface area contributed by atoms with E-state index in [2.05, 4.69) is 4.98 Å². The molecule has 82 valence electrons. The SMILES string of the molecule is O=[N+]([O-])c1c(CO)ncc(I)c1C(F)F. The Hall–Kier alpha value is -0.900. The Morgan fingerprint density at radius 1 is 1.67 bits per heavy atom. The highest BCUT2D eigenvalue weighted by atomic mass is 127. The molecule has 0 amide bonds. The average Bonchev–Trinajstić information content (AvgIpc) is 2.16. The fourth-order valence-corrected chi connectivity index (χ4v) is 1.69. The Morgan fingerprint density at radius 2 is 2.27 bits per heavy atom. The molecule has 1 N–H and O–H groups in total. The minimum atomic E-state index is -2.97. The number of hydrogen-bond acceptors (Lipinski definition) is 4. The first-order valence-electron chi connectivity index (χ1n) is 3.69. The van der Waals surface area contributed by atoms with Gasteiger partial charge in [-0.3, -0.25) is 15.1 Å². The van der Waals surface area contributed by atoms with E-state index in [0.717, 1.165) is 6.20 Å². The first-order chi connectivity index (χ1) is 6.99. The molecule has 0 aromatic carbocycles. The zero-order valence-corrected chi connectivity index (χ0v) is 9.31. The van der Waals surface area contributed by atoms with Gasteiger partial charge in [0.25, 0.3) is 6.43 Å². The number of hydrogen-bond donors (Lipinski definition) is 1. The molecule has 0 spiro atoms. The van der Waals surface area contributed by atoms with Crippen LogP contribution < -0.4 is 0 Å². The molecule has 0 radical (unpaired) electrons. The quantitative estimate of drug-likeness (QED) is 0.523. The molecule has 0 aliphatic carbocycles. The molecule has 0 fully saturated rings. The van der Waals surface area contributed by atoms with Gasteiger partial charge in [-0.2, -0.15) is 0 Å². The van der Waals surface area contributed by atoms with E-state index in [4.69, 9.17) is 5.11 Å². The topological polar surface area (TPSA) is 76.3 Å². The van der Waals surface area contributed by atoms with Gasteiger partial charge < -0.3 is 5.11 Å².